The zero-order valence-electron chi connectivity index (χ0n) is 8.71. The van der Waals surface area contributed by atoms with Gasteiger partial charge >= 0.3 is 0 Å². The molecule has 0 fully saturated rings. The number of hydrogen-bond donors (Lipinski definition) is 2. The fourth-order valence-corrected chi connectivity index (χ4v) is 1.65. The average Bonchev–Trinajstić information content (AvgIpc) is 2.23. The van der Waals surface area contributed by atoms with Gasteiger partial charge in [0.2, 0.25) is 5.75 Å². The highest BCUT2D eigenvalue weighted by atomic mass is 35.5. The Kier molecular flexibility index (Phi) is 4.05. The van der Waals surface area contributed by atoms with Gasteiger partial charge in [-0.05, 0) is 13.0 Å². The molecule has 0 bridgehead atoms. The van der Waals surface area contributed by atoms with Crippen molar-refractivity contribution in [2.45, 2.75) is 6.42 Å². The molecule has 0 aliphatic heterocycles. The summed E-state index contributed by atoms with van der Waals surface area (Å²) in [5, 5.41) is 10.3. The lowest BCUT2D eigenvalue weighted by atomic mass is 10.1. The van der Waals surface area contributed by atoms with Gasteiger partial charge in [-0.25, -0.2) is 0 Å². The van der Waals surface area contributed by atoms with Gasteiger partial charge in [-0.15, -0.1) is 0 Å². The third-order valence-electron chi connectivity index (χ3n) is 2.09. The Hall–Kier alpha value is -1.13. The number of hydrogen-bond acceptors (Lipinski definition) is 4. The molecule has 15 heavy (non-hydrogen) atoms. The normalized spacial score (nSPS) is 10.1. The molecule has 0 saturated heterocycles. The summed E-state index contributed by atoms with van der Waals surface area (Å²) in [5.41, 5.74) is 6.00. The molecular weight excluding hydrogens is 218 g/mol. The van der Waals surface area contributed by atoms with Crippen LogP contribution in [0.1, 0.15) is 5.56 Å². The fourth-order valence-electron chi connectivity index (χ4n) is 1.37. The van der Waals surface area contributed by atoms with Crippen molar-refractivity contribution in [3.05, 3.63) is 16.7 Å². The molecule has 1 rings (SSSR count). The number of ether oxygens (including phenoxy) is 2. The van der Waals surface area contributed by atoms with Gasteiger partial charge in [-0.3, -0.25) is 0 Å². The third kappa shape index (κ3) is 2.27. The number of nitrogens with two attached hydrogens (primary N) is 1. The highest BCUT2D eigenvalue weighted by Crippen LogP contribution is 2.42. The molecular formula is C10H14ClNO3. The maximum Gasteiger partial charge on any atom is 0.203 e. The lowest BCUT2D eigenvalue weighted by molar-refractivity contribution is 0.331. The van der Waals surface area contributed by atoms with Crippen molar-refractivity contribution in [1.82, 2.24) is 0 Å². The van der Waals surface area contributed by atoms with Crippen LogP contribution >= 0.6 is 11.6 Å². The molecule has 0 spiro atoms. The van der Waals surface area contributed by atoms with E-state index in [9.17, 15) is 5.11 Å². The first kappa shape index (κ1) is 11.9. The highest BCUT2D eigenvalue weighted by molar-refractivity contribution is 6.31. The average molecular weight is 232 g/mol. The van der Waals surface area contributed by atoms with Crippen LogP contribution in [0.15, 0.2) is 6.07 Å². The number of benzene rings is 1. The summed E-state index contributed by atoms with van der Waals surface area (Å²) >= 11 is 5.97. The Balaban J connectivity index is 3.31. The second kappa shape index (κ2) is 5.09. The molecule has 0 aliphatic carbocycles. The Labute approximate surface area is 93.6 Å². The summed E-state index contributed by atoms with van der Waals surface area (Å²) in [5.74, 6) is 0.679. The standard InChI is InChI=1S/C10H14ClNO3/c1-14-8-5-7(11)6(3-4-12)9(13)10(8)15-2/h5,13H,3-4,12H2,1-2H3. The number of phenols is 1. The molecule has 0 amide bonds. The molecule has 3 N–H and O–H groups in total. The third-order valence-corrected chi connectivity index (χ3v) is 2.43. The highest BCUT2D eigenvalue weighted by Gasteiger charge is 2.17. The van der Waals surface area contributed by atoms with Crippen molar-refractivity contribution in [3.8, 4) is 17.2 Å². The lowest BCUT2D eigenvalue weighted by Crippen LogP contribution is -2.04. The van der Waals surface area contributed by atoms with E-state index in [2.05, 4.69) is 0 Å². The molecule has 0 aliphatic rings. The summed E-state index contributed by atoms with van der Waals surface area (Å²) in [6.45, 7) is 0.406. The van der Waals surface area contributed by atoms with E-state index in [4.69, 9.17) is 26.8 Å². The molecule has 1 aromatic carbocycles. The number of phenolic OH excluding ortho intramolecular Hbond substituents is 1. The lowest BCUT2D eigenvalue weighted by Gasteiger charge is -2.13. The first-order chi connectivity index (χ1) is 7.15. The minimum Gasteiger partial charge on any atom is -0.504 e. The molecule has 5 heteroatoms. The van der Waals surface area contributed by atoms with E-state index in [1.54, 1.807) is 6.07 Å². The van der Waals surface area contributed by atoms with E-state index >= 15 is 0 Å². The van der Waals surface area contributed by atoms with Crippen molar-refractivity contribution in [3.63, 3.8) is 0 Å². The first-order valence-electron chi connectivity index (χ1n) is 4.48. The Morgan fingerprint density at radius 2 is 2.07 bits per heavy atom. The molecule has 0 atom stereocenters. The van der Waals surface area contributed by atoms with Crippen LogP contribution in [0.2, 0.25) is 5.02 Å². The van der Waals surface area contributed by atoms with Gasteiger partial charge < -0.3 is 20.3 Å². The number of methoxy groups -OCH3 is 2. The van der Waals surface area contributed by atoms with Gasteiger partial charge in [-0.2, -0.15) is 0 Å². The first-order valence-corrected chi connectivity index (χ1v) is 4.85. The number of rotatable bonds is 4. The van der Waals surface area contributed by atoms with Crippen molar-refractivity contribution in [2.24, 2.45) is 5.73 Å². The van der Waals surface area contributed by atoms with Crippen molar-refractivity contribution in [1.29, 1.82) is 0 Å². The van der Waals surface area contributed by atoms with Gasteiger partial charge in [0.1, 0.15) is 0 Å². The topological polar surface area (TPSA) is 64.7 Å². The molecule has 0 saturated carbocycles. The van der Waals surface area contributed by atoms with Gasteiger partial charge in [0.25, 0.3) is 0 Å². The van der Waals surface area contributed by atoms with Crippen LogP contribution in [0, 0.1) is 0 Å². The summed E-state index contributed by atoms with van der Waals surface area (Å²) in [4.78, 5) is 0. The molecule has 1 aromatic rings. The van der Waals surface area contributed by atoms with E-state index in [1.807, 2.05) is 0 Å². The molecule has 0 heterocycles. The zero-order chi connectivity index (χ0) is 11.4. The van der Waals surface area contributed by atoms with Crippen LogP contribution in [-0.4, -0.2) is 25.9 Å². The largest absolute Gasteiger partial charge is 0.504 e. The smallest absolute Gasteiger partial charge is 0.203 e. The number of aromatic hydroxyl groups is 1. The minimum atomic E-state index is -0.00713. The maximum absolute atomic E-state index is 9.87. The summed E-state index contributed by atoms with van der Waals surface area (Å²) in [6.07, 6.45) is 0.491. The Bertz CT molecular complexity index is 355. The Morgan fingerprint density at radius 3 is 2.53 bits per heavy atom. The van der Waals surface area contributed by atoms with Crippen LogP contribution in [0.5, 0.6) is 17.2 Å². The second-order valence-electron chi connectivity index (χ2n) is 2.96. The predicted octanol–water partition coefficient (Wildman–Crippen LogP) is 1.56. The monoisotopic (exact) mass is 231 g/mol. The van der Waals surface area contributed by atoms with Gasteiger partial charge in [0.05, 0.1) is 19.2 Å². The van der Waals surface area contributed by atoms with Crippen molar-refractivity contribution < 1.29 is 14.6 Å². The van der Waals surface area contributed by atoms with E-state index in [1.165, 1.54) is 14.2 Å². The van der Waals surface area contributed by atoms with E-state index in [-0.39, 0.29) is 11.5 Å². The van der Waals surface area contributed by atoms with Crippen LogP contribution in [0.25, 0.3) is 0 Å². The maximum atomic E-state index is 9.87. The second-order valence-corrected chi connectivity index (χ2v) is 3.37. The quantitative estimate of drug-likeness (QED) is 0.826. The molecule has 0 radical (unpaired) electrons. The van der Waals surface area contributed by atoms with Crippen LogP contribution in [0.3, 0.4) is 0 Å². The molecule has 0 aromatic heterocycles. The van der Waals surface area contributed by atoms with E-state index in [0.717, 1.165) is 0 Å². The van der Waals surface area contributed by atoms with Gasteiger partial charge in [0.15, 0.2) is 11.5 Å². The fraction of sp³-hybridized carbons (Fsp3) is 0.400. The van der Waals surface area contributed by atoms with Crippen molar-refractivity contribution in [2.75, 3.05) is 20.8 Å². The predicted molar refractivity (Wildman–Crippen MR) is 59.0 cm³/mol. The van der Waals surface area contributed by atoms with E-state index < -0.39 is 0 Å². The van der Waals surface area contributed by atoms with E-state index in [0.29, 0.717) is 29.3 Å². The minimum absolute atomic E-state index is 0.00713. The SMILES string of the molecule is COc1cc(Cl)c(CCN)c(O)c1OC. The van der Waals surface area contributed by atoms with Crippen LogP contribution < -0.4 is 15.2 Å². The van der Waals surface area contributed by atoms with Gasteiger partial charge in [-0.1, -0.05) is 11.6 Å². The van der Waals surface area contributed by atoms with Crippen LogP contribution in [-0.2, 0) is 6.42 Å². The summed E-state index contributed by atoms with van der Waals surface area (Å²) in [6, 6.07) is 1.60. The number of halogens is 1. The molecule has 0 unspecified atom stereocenters. The molecule has 4 nitrogen and oxygen atoms in total. The molecule has 84 valence electrons. The Morgan fingerprint density at radius 1 is 1.40 bits per heavy atom. The summed E-state index contributed by atoms with van der Waals surface area (Å²) < 4.78 is 10.1. The van der Waals surface area contributed by atoms with Crippen LogP contribution in [0.4, 0.5) is 0 Å². The van der Waals surface area contributed by atoms with Crippen molar-refractivity contribution >= 4 is 11.6 Å². The zero-order valence-corrected chi connectivity index (χ0v) is 9.47. The van der Waals surface area contributed by atoms with Gasteiger partial charge in [0, 0.05) is 11.6 Å². The summed E-state index contributed by atoms with van der Waals surface area (Å²) in [7, 11) is 2.94.